The molecule has 0 bridgehead atoms. The summed E-state index contributed by atoms with van der Waals surface area (Å²) in [6.07, 6.45) is 2.21. The standard InChI is InChI=1S/C18H23N3O5S/c1-12(2)17(21-7-3-9-27(21,25)26)18(24)19-14-4-5-15-13(10-14)6-8-20(15)11-16(22)23/h4-6,8,10,12,17H,3,7,9,11H2,1-2H3,(H,19,24)(H,22,23). The normalized spacial score (nSPS) is 18.0. The predicted octanol–water partition coefficient (Wildman–Crippen LogP) is 1.72. The quantitative estimate of drug-likeness (QED) is 0.777. The number of carbonyl (C=O) groups excluding carboxylic acids is 1. The molecule has 9 heteroatoms. The maximum Gasteiger partial charge on any atom is 0.323 e. The van der Waals surface area contributed by atoms with Crippen LogP contribution < -0.4 is 5.32 Å². The molecule has 2 heterocycles. The Labute approximate surface area is 157 Å². The van der Waals surface area contributed by atoms with Gasteiger partial charge in [-0.3, -0.25) is 9.59 Å². The highest BCUT2D eigenvalue weighted by atomic mass is 32.2. The molecule has 1 unspecified atom stereocenters. The number of aromatic nitrogens is 1. The van der Waals surface area contributed by atoms with Gasteiger partial charge in [0, 0.05) is 29.3 Å². The van der Waals surface area contributed by atoms with E-state index in [4.69, 9.17) is 5.11 Å². The zero-order valence-corrected chi connectivity index (χ0v) is 16.1. The van der Waals surface area contributed by atoms with Crippen molar-refractivity contribution in [2.24, 2.45) is 5.92 Å². The summed E-state index contributed by atoms with van der Waals surface area (Å²) in [6.45, 7) is 3.87. The number of aliphatic carboxylic acids is 1. The molecule has 1 atom stereocenters. The number of nitrogens with zero attached hydrogens (tertiary/aromatic N) is 2. The van der Waals surface area contributed by atoms with Crippen LogP contribution in [0.3, 0.4) is 0 Å². The average Bonchev–Trinajstić information content (AvgIpc) is 3.10. The largest absolute Gasteiger partial charge is 0.480 e. The molecule has 1 amide bonds. The second-order valence-corrected chi connectivity index (χ2v) is 9.11. The molecule has 0 radical (unpaired) electrons. The molecule has 3 rings (SSSR count). The van der Waals surface area contributed by atoms with Gasteiger partial charge >= 0.3 is 5.97 Å². The van der Waals surface area contributed by atoms with E-state index in [-0.39, 0.29) is 24.1 Å². The van der Waals surface area contributed by atoms with Crippen LogP contribution in [0.25, 0.3) is 10.9 Å². The van der Waals surface area contributed by atoms with Crippen molar-refractivity contribution in [3.05, 3.63) is 30.5 Å². The monoisotopic (exact) mass is 393 g/mol. The summed E-state index contributed by atoms with van der Waals surface area (Å²) in [4.78, 5) is 23.7. The first-order chi connectivity index (χ1) is 12.7. The van der Waals surface area contributed by atoms with Crippen LogP contribution in [-0.4, -0.2) is 52.6 Å². The summed E-state index contributed by atoms with van der Waals surface area (Å²) in [5.74, 6) is -1.39. The lowest BCUT2D eigenvalue weighted by molar-refractivity contribution is -0.137. The number of carbonyl (C=O) groups is 2. The molecule has 27 heavy (non-hydrogen) atoms. The van der Waals surface area contributed by atoms with Gasteiger partial charge in [0.1, 0.15) is 12.6 Å². The number of hydrogen-bond donors (Lipinski definition) is 2. The lowest BCUT2D eigenvalue weighted by atomic mass is 10.0. The molecule has 1 fully saturated rings. The predicted molar refractivity (Wildman–Crippen MR) is 102 cm³/mol. The highest BCUT2D eigenvalue weighted by Gasteiger charge is 2.39. The van der Waals surface area contributed by atoms with E-state index in [1.807, 2.05) is 13.8 Å². The lowest BCUT2D eigenvalue weighted by Crippen LogP contribution is -2.48. The van der Waals surface area contributed by atoms with Crippen LogP contribution in [0.4, 0.5) is 5.69 Å². The van der Waals surface area contributed by atoms with Gasteiger partial charge < -0.3 is 15.0 Å². The Morgan fingerprint density at radius 1 is 1.26 bits per heavy atom. The van der Waals surface area contributed by atoms with Crippen molar-refractivity contribution in [2.45, 2.75) is 32.9 Å². The van der Waals surface area contributed by atoms with E-state index in [1.165, 1.54) is 4.31 Å². The van der Waals surface area contributed by atoms with Crippen LogP contribution in [0.1, 0.15) is 20.3 Å². The SMILES string of the molecule is CC(C)C(C(=O)Nc1ccc2c(ccn2CC(=O)O)c1)N1CCCS1(=O)=O. The molecule has 1 saturated heterocycles. The third-order valence-corrected chi connectivity index (χ3v) is 6.62. The van der Waals surface area contributed by atoms with Gasteiger partial charge in [-0.2, -0.15) is 4.31 Å². The summed E-state index contributed by atoms with van der Waals surface area (Å²) >= 11 is 0. The van der Waals surface area contributed by atoms with Gasteiger partial charge in [-0.25, -0.2) is 8.42 Å². The van der Waals surface area contributed by atoms with E-state index in [0.29, 0.717) is 18.7 Å². The van der Waals surface area contributed by atoms with Crippen molar-refractivity contribution in [3.63, 3.8) is 0 Å². The third kappa shape index (κ3) is 3.98. The number of hydrogen-bond acceptors (Lipinski definition) is 4. The Morgan fingerprint density at radius 3 is 2.59 bits per heavy atom. The van der Waals surface area contributed by atoms with Crippen molar-refractivity contribution in [1.82, 2.24) is 8.87 Å². The zero-order valence-electron chi connectivity index (χ0n) is 15.3. The number of nitrogens with one attached hydrogen (secondary N) is 1. The fraction of sp³-hybridized carbons (Fsp3) is 0.444. The summed E-state index contributed by atoms with van der Waals surface area (Å²) in [6, 6.07) is 6.20. The highest BCUT2D eigenvalue weighted by molar-refractivity contribution is 7.89. The van der Waals surface area contributed by atoms with E-state index in [2.05, 4.69) is 5.32 Å². The van der Waals surface area contributed by atoms with Crippen LogP contribution in [0.5, 0.6) is 0 Å². The number of fused-ring (bicyclic) bond motifs is 1. The Morgan fingerprint density at radius 2 is 2.00 bits per heavy atom. The summed E-state index contributed by atoms with van der Waals surface area (Å²) in [5, 5.41) is 12.6. The number of carboxylic acid groups (broad SMARTS) is 1. The van der Waals surface area contributed by atoms with E-state index < -0.39 is 22.0 Å². The van der Waals surface area contributed by atoms with Crippen molar-refractivity contribution >= 4 is 38.5 Å². The molecular weight excluding hydrogens is 370 g/mol. The van der Waals surface area contributed by atoms with Crippen LogP contribution in [0.15, 0.2) is 30.5 Å². The van der Waals surface area contributed by atoms with Crippen LogP contribution in [0, 0.1) is 5.92 Å². The van der Waals surface area contributed by atoms with E-state index in [9.17, 15) is 18.0 Å². The minimum absolute atomic E-state index is 0.0759. The number of sulfonamides is 1. The lowest BCUT2D eigenvalue weighted by Gasteiger charge is -2.28. The first-order valence-corrected chi connectivity index (χ1v) is 10.4. The Kier molecular flexibility index (Phi) is 5.25. The van der Waals surface area contributed by atoms with Crippen molar-refractivity contribution < 1.29 is 23.1 Å². The third-order valence-electron chi connectivity index (χ3n) is 4.69. The van der Waals surface area contributed by atoms with Gasteiger partial charge in [0.25, 0.3) is 0 Å². The van der Waals surface area contributed by atoms with Gasteiger partial charge in [0.05, 0.1) is 5.75 Å². The smallest absolute Gasteiger partial charge is 0.323 e. The molecule has 146 valence electrons. The molecule has 1 aliphatic heterocycles. The molecule has 2 aromatic rings. The van der Waals surface area contributed by atoms with E-state index in [0.717, 1.165) is 10.9 Å². The maximum atomic E-state index is 12.8. The van der Waals surface area contributed by atoms with Crippen LogP contribution >= 0.6 is 0 Å². The van der Waals surface area contributed by atoms with E-state index >= 15 is 0 Å². The first kappa shape index (κ1) is 19.4. The number of rotatable bonds is 6. The minimum Gasteiger partial charge on any atom is -0.480 e. The Balaban J connectivity index is 1.82. The minimum atomic E-state index is -3.40. The topological polar surface area (TPSA) is 109 Å². The Hall–Kier alpha value is -2.39. The fourth-order valence-electron chi connectivity index (χ4n) is 3.52. The average molecular weight is 393 g/mol. The maximum absolute atomic E-state index is 12.8. The number of carboxylic acids is 1. The molecular formula is C18H23N3O5S. The Bertz CT molecular complexity index is 980. The molecule has 0 spiro atoms. The second kappa shape index (κ2) is 7.32. The fourth-order valence-corrected chi connectivity index (χ4v) is 5.34. The van der Waals surface area contributed by atoms with Crippen LogP contribution in [0.2, 0.25) is 0 Å². The van der Waals surface area contributed by atoms with Gasteiger partial charge in [-0.15, -0.1) is 0 Å². The molecule has 0 aliphatic carbocycles. The second-order valence-electron chi connectivity index (χ2n) is 7.07. The van der Waals surface area contributed by atoms with Crippen molar-refractivity contribution in [3.8, 4) is 0 Å². The van der Waals surface area contributed by atoms with Crippen molar-refractivity contribution in [1.29, 1.82) is 0 Å². The zero-order chi connectivity index (χ0) is 19.8. The molecule has 0 saturated carbocycles. The number of anilines is 1. The van der Waals surface area contributed by atoms with Gasteiger partial charge in [0.2, 0.25) is 15.9 Å². The molecule has 1 aromatic heterocycles. The molecule has 8 nitrogen and oxygen atoms in total. The molecule has 1 aromatic carbocycles. The van der Waals surface area contributed by atoms with Gasteiger partial charge in [-0.1, -0.05) is 13.8 Å². The number of amides is 1. The summed E-state index contributed by atoms with van der Waals surface area (Å²) < 4.78 is 27.4. The molecule has 1 aliphatic rings. The first-order valence-electron chi connectivity index (χ1n) is 8.80. The highest BCUT2D eigenvalue weighted by Crippen LogP contribution is 2.25. The van der Waals surface area contributed by atoms with Gasteiger partial charge in [-0.05, 0) is 36.6 Å². The summed E-state index contributed by atoms with van der Waals surface area (Å²) in [7, 11) is -3.40. The van der Waals surface area contributed by atoms with E-state index in [1.54, 1.807) is 35.0 Å². The van der Waals surface area contributed by atoms with Gasteiger partial charge in [0.15, 0.2) is 0 Å². The number of benzene rings is 1. The summed E-state index contributed by atoms with van der Waals surface area (Å²) in [5.41, 5.74) is 1.29. The van der Waals surface area contributed by atoms with Crippen LogP contribution in [-0.2, 0) is 26.2 Å². The van der Waals surface area contributed by atoms with Crippen molar-refractivity contribution in [2.75, 3.05) is 17.6 Å². The molecule has 2 N–H and O–H groups in total.